The topological polar surface area (TPSA) is 73.0 Å². The van der Waals surface area contributed by atoms with Gasteiger partial charge in [-0.25, -0.2) is 0 Å². The molecule has 0 fully saturated rings. The molecule has 0 aliphatic carbocycles. The van der Waals surface area contributed by atoms with Crippen molar-refractivity contribution in [3.05, 3.63) is 65.6 Å². The first-order chi connectivity index (χ1) is 10.8. The highest BCUT2D eigenvalue weighted by Gasteiger charge is 2.18. The van der Waals surface area contributed by atoms with Crippen LogP contribution in [0.1, 0.15) is 16.2 Å². The van der Waals surface area contributed by atoms with Gasteiger partial charge in [-0.1, -0.05) is 6.07 Å². The number of thiophene rings is 1. The molecule has 0 N–H and O–H groups in total. The molecule has 0 saturated heterocycles. The molecule has 4 aromatic heterocycles. The van der Waals surface area contributed by atoms with Gasteiger partial charge in [0.15, 0.2) is 5.65 Å². The van der Waals surface area contributed by atoms with Gasteiger partial charge in [0.2, 0.25) is 11.6 Å². The minimum Gasteiger partial charge on any atom is -0.285 e. The van der Waals surface area contributed by atoms with E-state index in [-0.39, 0.29) is 11.6 Å². The lowest BCUT2D eigenvalue weighted by Crippen LogP contribution is -2.09. The number of carbonyl (C=O) groups is 1. The predicted octanol–water partition coefficient (Wildman–Crippen LogP) is 2.48. The molecule has 0 aliphatic rings. The van der Waals surface area contributed by atoms with E-state index < -0.39 is 0 Å². The number of aromatic nitrogens is 5. The van der Waals surface area contributed by atoms with E-state index in [0.717, 1.165) is 10.6 Å². The van der Waals surface area contributed by atoms with Crippen molar-refractivity contribution in [3.8, 4) is 10.6 Å². The number of pyridine rings is 1. The summed E-state index contributed by atoms with van der Waals surface area (Å²) in [6.07, 6.45) is 3.14. The van der Waals surface area contributed by atoms with Gasteiger partial charge in [0.1, 0.15) is 5.69 Å². The van der Waals surface area contributed by atoms with Gasteiger partial charge >= 0.3 is 0 Å². The van der Waals surface area contributed by atoms with Crippen LogP contribution in [0.25, 0.3) is 16.2 Å². The van der Waals surface area contributed by atoms with Gasteiger partial charge in [0.25, 0.3) is 0 Å². The second-order valence-corrected chi connectivity index (χ2v) is 5.50. The zero-order chi connectivity index (χ0) is 14.9. The van der Waals surface area contributed by atoms with Crippen LogP contribution in [0.2, 0.25) is 0 Å². The molecule has 0 atom stereocenters. The Balaban J connectivity index is 1.85. The van der Waals surface area contributed by atoms with Crippen molar-refractivity contribution in [2.75, 3.05) is 0 Å². The van der Waals surface area contributed by atoms with Crippen molar-refractivity contribution in [2.45, 2.75) is 0 Å². The Morgan fingerprint density at radius 2 is 1.91 bits per heavy atom. The Morgan fingerprint density at radius 1 is 1.05 bits per heavy atom. The second-order valence-electron chi connectivity index (χ2n) is 4.55. The molecule has 0 bridgehead atoms. The third kappa shape index (κ3) is 2.08. The van der Waals surface area contributed by atoms with Crippen LogP contribution >= 0.6 is 11.3 Å². The van der Waals surface area contributed by atoms with Crippen LogP contribution in [0, 0.1) is 0 Å². The molecule has 22 heavy (non-hydrogen) atoms. The van der Waals surface area contributed by atoms with E-state index in [1.165, 1.54) is 4.52 Å². The lowest BCUT2D eigenvalue weighted by Gasteiger charge is -2.01. The van der Waals surface area contributed by atoms with Gasteiger partial charge in [0.05, 0.1) is 4.88 Å². The molecule has 0 unspecified atom stereocenters. The Morgan fingerprint density at radius 3 is 2.68 bits per heavy atom. The molecule has 0 aromatic carbocycles. The first kappa shape index (κ1) is 12.8. The molecular formula is C15H9N5OS. The number of rotatable bonds is 3. The van der Waals surface area contributed by atoms with Crippen LogP contribution in [-0.4, -0.2) is 30.6 Å². The molecule has 0 amide bonds. The second kappa shape index (κ2) is 5.12. The lowest BCUT2D eigenvalue weighted by atomic mass is 10.2. The number of nitrogens with zero attached hydrogens (tertiary/aromatic N) is 5. The first-order valence-electron chi connectivity index (χ1n) is 6.54. The maximum atomic E-state index is 12.5. The van der Waals surface area contributed by atoms with Crippen LogP contribution in [-0.2, 0) is 0 Å². The van der Waals surface area contributed by atoms with Gasteiger partial charge in [-0.2, -0.15) is 9.61 Å². The van der Waals surface area contributed by atoms with E-state index >= 15 is 0 Å². The summed E-state index contributed by atoms with van der Waals surface area (Å²) in [5.74, 6) is -0.0367. The Labute approximate surface area is 129 Å². The molecule has 4 aromatic rings. The molecule has 0 spiro atoms. The van der Waals surface area contributed by atoms with E-state index in [4.69, 9.17) is 0 Å². The third-order valence-electron chi connectivity index (χ3n) is 3.18. The summed E-state index contributed by atoms with van der Waals surface area (Å²) in [4.78, 5) is 17.5. The molecule has 4 heterocycles. The van der Waals surface area contributed by atoms with Crippen molar-refractivity contribution in [1.82, 2.24) is 24.8 Å². The maximum Gasteiger partial charge on any atom is 0.232 e. The van der Waals surface area contributed by atoms with E-state index in [0.29, 0.717) is 11.2 Å². The summed E-state index contributed by atoms with van der Waals surface area (Å²) in [5, 5.41) is 14.5. The predicted molar refractivity (Wildman–Crippen MR) is 81.8 cm³/mol. The smallest absolute Gasteiger partial charge is 0.232 e. The molecular weight excluding hydrogens is 298 g/mol. The van der Waals surface area contributed by atoms with Gasteiger partial charge in [-0.15, -0.1) is 21.5 Å². The van der Waals surface area contributed by atoms with Gasteiger partial charge in [0, 0.05) is 18.0 Å². The van der Waals surface area contributed by atoms with Crippen molar-refractivity contribution in [1.29, 1.82) is 0 Å². The Hall–Kier alpha value is -2.93. The van der Waals surface area contributed by atoms with Gasteiger partial charge in [-0.3, -0.25) is 9.78 Å². The molecule has 4 rings (SSSR count). The average Bonchev–Trinajstić information content (AvgIpc) is 3.24. The van der Waals surface area contributed by atoms with Crippen molar-refractivity contribution in [3.63, 3.8) is 0 Å². The zero-order valence-corrected chi connectivity index (χ0v) is 12.1. The summed E-state index contributed by atoms with van der Waals surface area (Å²) in [7, 11) is 0. The van der Waals surface area contributed by atoms with Crippen LogP contribution in [0.3, 0.4) is 0 Å². The van der Waals surface area contributed by atoms with E-state index in [1.807, 2.05) is 23.6 Å². The highest BCUT2D eigenvalue weighted by Crippen LogP contribution is 2.22. The monoisotopic (exact) mass is 307 g/mol. The number of fused-ring (bicyclic) bond motifs is 1. The van der Waals surface area contributed by atoms with Gasteiger partial charge in [-0.05, 0) is 35.7 Å². The van der Waals surface area contributed by atoms with Crippen molar-refractivity contribution >= 4 is 22.8 Å². The fraction of sp³-hybridized carbons (Fsp3) is 0. The lowest BCUT2D eigenvalue weighted by molar-refractivity contribution is 0.102. The third-order valence-corrected chi connectivity index (χ3v) is 4.07. The normalized spacial score (nSPS) is 10.9. The quantitative estimate of drug-likeness (QED) is 0.544. The summed E-state index contributed by atoms with van der Waals surface area (Å²) in [5.41, 5.74) is 1.83. The van der Waals surface area contributed by atoms with E-state index in [9.17, 15) is 4.79 Å². The zero-order valence-electron chi connectivity index (χ0n) is 11.2. The fourth-order valence-electron chi connectivity index (χ4n) is 2.12. The largest absolute Gasteiger partial charge is 0.285 e. The molecule has 106 valence electrons. The van der Waals surface area contributed by atoms with Crippen LogP contribution in [0.4, 0.5) is 0 Å². The van der Waals surface area contributed by atoms with E-state index in [2.05, 4.69) is 20.3 Å². The number of ketones is 1. The van der Waals surface area contributed by atoms with Crippen molar-refractivity contribution < 1.29 is 4.79 Å². The SMILES string of the molecule is O=C(c1ccncc1)c1nnc2ccc(-c3cccs3)nn12. The minimum absolute atomic E-state index is 0.194. The molecule has 0 saturated carbocycles. The highest BCUT2D eigenvalue weighted by atomic mass is 32.1. The summed E-state index contributed by atoms with van der Waals surface area (Å²) in [6, 6.07) is 10.9. The summed E-state index contributed by atoms with van der Waals surface area (Å²) >= 11 is 1.59. The summed E-state index contributed by atoms with van der Waals surface area (Å²) in [6.45, 7) is 0. The molecule has 6 nitrogen and oxygen atoms in total. The number of carbonyl (C=O) groups excluding carboxylic acids is 1. The van der Waals surface area contributed by atoms with Crippen LogP contribution < -0.4 is 0 Å². The first-order valence-corrected chi connectivity index (χ1v) is 7.42. The van der Waals surface area contributed by atoms with Crippen LogP contribution in [0.15, 0.2) is 54.2 Å². The average molecular weight is 307 g/mol. The molecule has 0 aliphatic heterocycles. The van der Waals surface area contributed by atoms with E-state index in [1.54, 1.807) is 41.9 Å². The Bertz CT molecular complexity index is 947. The fourth-order valence-corrected chi connectivity index (χ4v) is 2.81. The molecule has 7 heteroatoms. The summed E-state index contributed by atoms with van der Waals surface area (Å²) < 4.78 is 1.48. The van der Waals surface area contributed by atoms with Gasteiger partial charge < -0.3 is 0 Å². The number of hydrogen-bond acceptors (Lipinski definition) is 6. The standard InChI is InChI=1S/C15H9N5OS/c21-14(10-5-7-16-8-6-10)15-18-17-13-4-3-11(19-20(13)15)12-2-1-9-22-12/h1-9H. The maximum absolute atomic E-state index is 12.5. The van der Waals surface area contributed by atoms with Crippen molar-refractivity contribution in [2.24, 2.45) is 0 Å². The molecule has 0 radical (unpaired) electrons. The highest BCUT2D eigenvalue weighted by molar-refractivity contribution is 7.13. The Kier molecular flexibility index (Phi) is 2.97. The minimum atomic E-state index is -0.231. The van der Waals surface area contributed by atoms with Crippen LogP contribution in [0.5, 0.6) is 0 Å². The number of hydrogen-bond donors (Lipinski definition) is 0.